The topological polar surface area (TPSA) is 73.8 Å². The molecule has 0 saturated heterocycles. The van der Waals surface area contributed by atoms with Crippen molar-refractivity contribution in [2.45, 2.75) is 45.1 Å². The van der Waals surface area contributed by atoms with Crippen LogP contribution in [-0.2, 0) is 10.2 Å². The van der Waals surface area contributed by atoms with E-state index in [1.54, 1.807) is 4.68 Å². The summed E-state index contributed by atoms with van der Waals surface area (Å²) in [5, 5.41) is 8.27. The Morgan fingerprint density at radius 1 is 1.59 bits per heavy atom. The predicted molar refractivity (Wildman–Crippen MR) is 64.5 cm³/mol. The van der Waals surface area contributed by atoms with Crippen molar-refractivity contribution >= 4 is 6.29 Å². The zero-order valence-electron chi connectivity index (χ0n) is 10.7. The van der Waals surface area contributed by atoms with Crippen LogP contribution in [0.3, 0.4) is 0 Å². The van der Waals surface area contributed by atoms with Crippen LogP contribution in [0.4, 0.5) is 0 Å². The molecule has 0 aliphatic heterocycles. The van der Waals surface area contributed by atoms with Gasteiger partial charge in [-0.2, -0.15) is 0 Å². The summed E-state index contributed by atoms with van der Waals surface area (Å²) in [6, 6.07) is -0.280. The molecule has 5 heteroatoms. The Morgan fingerprint density at radius 3 is 2.65 bits per heavy atom. The highest BCUT2D eigenvalue weighted by molar-refractivity contribution is 5.57. The van der Waals surface area contributed by atoms with E-state index >= 15 is 0 Å². The summed E-state index contributed by atoms with van der Waals surface area (Å²) in [6.07, 6.45) is 4.96. The van der Waals surface area contributed by atoms with Crippen molar-refractivity contribution in [2.75, 3.05) is 6.54 Å². The summed E-state index contributed by atoms with van der Waals surface area (Å²) in [4.78, 5) is 11.2. The molecular weight excluding hydrogens is 216 g/mol. The van der Waals surface area contributed by atoms with Crippen LogP contribution < -0.4 is 5.73 Å². The highest BCUT2D eigenvalue weighted by Crippen LogP contribution is 2.46. The minimum atomic E-state index is -0.280. The van der Waals surface area contributed by atoms with Crippen LogP contribution in [0.1, 0.15) is 45.3 Å². The normalized spacial score (nSPS) is 20.0. The number of hydrogen-bond acceptors (Lipinski definition) is 4. The Hall–Kier alpha value is -1.23. The summed E-state index contributed by atoms with van der Waals surface area (Å²) < 4.78 is 1.66. The fraction of sp³-hybridized carbons (Fsp3) is 0.750. The zero-order chi connectivity index (χ0) is 12.7. The Balaban J connectivity index is 2.26. The molecular formula is C12H20N4O. The Labute approximate surface area is 101 Å². The second-order valence-corrected chi connectivity index (χ2v) is 6.02. The van der Waals surface area contributed by atoms with Gasteiger partial charge >= 0.3 is 0 Å². The first-order chi connectivity index (χ1) is 7.93. The molecule has 1 atom stereocenters. The molecule has 2 rings (SSSR count). The van der Waals surface area contributed by atoms with Gasteiger partial charge in [-0.25, -0.2) is 4.68 Å². The van der Waals surface area contributed by atoms with E-state index in [2.05, 4.69) is 10.3 Å². The first kappa shape index (κ1) is 12.2. The maximum Gasteiger partial charge on any atom is 0.145 e. The van der Waals surface area contributed by atoms with Gasteiger partial charge in [-0.15, -0.1) is 5.10 Å². The first-order valence-corrected chi connectivity index (χ1v) is 6.01. The van der Waals surface area contributed by atoms with Crippen LogP contribution in [0, 0.1) is 5.41 Å². The third kappa shape index (κ3) is 2.11. The van der Waals surface area contributed by atoms with E-state index in [9.17, 15) is 4.79 Å². The van der Waals surface area contributed by atoms with Gasteiger partial charge in [-0.3, -0.25) is 0 Å². The molecule has 0 amide bonds. The van der Waals surface area contributed by atoms with Crippen molar-refractivity contribution in [1.29, 1.82) is 0 Å². The molecule has 0 spiro atoms. The molecule has 17 heavy (non-hydrogen) atoms. The maximum absolute atomic E-state index is 11.2. The summed E-state index contributed by atoms with van der Waals surface area (Å²) in [7, 11) is 0. The molecule has 0 bridgehead atoms. The molecule has 1 aromatic heterocycles. The largest absolute Gasteiger partial charge is 0.330 e. The first-order valence-electron chi connectivity index (χ1n) is 6.01. The lowest BCUT2D eigenvalue weighted by atomic mass is 9.88. The van der Waals surface area contributed by atoms with Crippen molar-refractivity contribution in [3.63, 3.8) is 0 Å². The SMILES string of the molecule is CC(C)(C)C(C=O)n1cc(C2(CN)CC2)nn1. The van der Waals surface area contributed by atoms with Gasteiger partial charge in [-0.1, -0.05) is 26.0 Å². The smallest absolute Gasteiger partial charge is 0.145 e. The lowest BCUT2D eigenvalue weighted by molar-refractivity contribution is -0.113. The van der Waals surface area contributed by atoms with Crippen molar-refractivity contribution in [1.82, 2.24) is 15.0 Å². The van der Waals surface area contributed by atoms with Gasteiger partial charge in [0.05, 0.1) is 5.69 Å². The molecule has 1 aliphatic rings. The van der Waals surface area contributed by atoms with Crippen LogP contribution in [0.2, 0.25) is 0 Å². The molecule has 1 aromatic rings. The molecule has 94 valence electrons. The number of aromatic nitrogens is 3. The highest BCUT2D eigenvalue weighted by atomic mass is 16.1. The fourth-order valence-electron chi connectivity index (χ4n) is 2.03. The molecule has 0 aromatic carbocycles. The van der Waals surface area contributed by atoms with Gasteiger partial charge in [0.1, 0.15) is 12.3 Å². The zero-order valence-corrected chi connectivity index (χ0v) is 10.7. The molecule has 2 N–H and O–H groups in total. The summed E-state index contributed by atoms with van der Waals surface area (Å²) >= 11 is 0. The molecule has 1 aliphatic carbocycles. The standard InChI is InChI=1S/C12H20N4O/c1-11(2,3)10(7-17)16-6-9(14-15-16)12(8-13)4-5-12/h6-7,10H,4-5,8,13H2,1-3H3. The van der Waals surface area contributed by atoms with Gasteiger partial charge in [0.2, 0.25) is 0 Å². The van der Waals surface area contributed by atoms with Crippen LogP contribution in [0.5, 0.6) is 0 Å². The van der Waals surface area contributed by atoms with Crippen LogP contribution in [-0.4, -0.2) is 27.8 Å². The van der Waals surface area contributed by atoms with Crippen LogP contribution in [0.25, 0.3) is 0 Å². The van der Waals surface area contributed by atoms with Gasteiger partial charge in [0.25, 0.3) is 0 Å². The molecule has 1 heterocycles. The minimum Gasteiger partial charge on any atom is -0.330 e. The van der Waals surface area contributed by atoms with Crippen LogP contribution >= 0.6 is 0 Å². The third-order valence-electron chi connectivity index (χ3n) is 3.60. The second kappa shape index (κ2) is 3.91. The maximum atomic E-state index is 11.2. The lowest BCUT2D eigenvalue weighted by Crippen LogP contribution is -2.26. The van der Waals surface area contributed by atoms with Crippen molar-refractivity contribution < 1.29 is 4.79 Å². The second-order valence-electron chi connectivity index (χ2n) is 6.02. The fourth-order valence-corrected chi connectivity index (χ4v) is 2.03. The van der Waals surface area contributed by atoms with Crippen molar-refractivity contribution in [2.24, 2.45) is 11.1 Å². The molecule has 1 fully saturated rings. The number of rotatable bonds is 4. The lowest BCUT2D eigenvalue weighted by Gasteiger charge is -2.25. The molecule has 5 nitrogen and oxygen atoms in total. The van der Waals surface area contributed by atoms with E-state index in [-0.39, 0.29) is 16.9 Å². The summed E-state index contributed by atoms with van der Waals surface area (Å²) in [5.74, 6) is 0. The quantitative estimate of drug-likeness (QED) is 0.793. The molecule has 1 saturated carbocycles. The Bertz CT molecular complexity index is 414. The van der Waals surface area contributed by atoms with Gasteiger partial charge < -0.3 is 10.5 Å². The number of nitrogens with zero attached hydrogens (tertiary/aromatic N) is 3. The Morgan fingerprint density at radius 2 is 2.24 bits per heavy atom. The average Bonchev–Trinajstić information content (AvgIpc) is 2.91. The van der Waals surface area contributed by atoms with Gasteiger partial charge in [0, 0.05) is 18.2 Å². The molecule has 0 radical (unpaired) electrons. The number of aldehydes is 1. The average molecular weight is 236 g/mol. The number of carbonyl (C=O) groups excluding carboxylic acids is 1. The van der Waals surface area contributed by atoms with Crippen molar-refractivity contribution in [3.8, 4) is 0 Å². The number of hydrogen-bond donors (Lipinski definition) is 1. The summed E-state index contributed by atoms with van der Waals surface area (Å²) in [6.45, 7) is 6.66. The number of nitrogens with two attached hydrogens (primary N) is 1. The third-order valence-corrected chi connectivity index (χ3v) is 3.60. The van der Waals surface area contributed by atoms with E-state index < -0.39 is 0 Å². The Kier molecular flexibility index (Phi) is 2.81. The predicted octanol–water partition coefficient (Wildman–Crippen LogP) is 1.05. The molecule has 1 unspecified atom stereocenters. The monoisotopic (exact) mass is 236 g/mol. The van der Waals surface area contributed by atoms with Crippen LogP contribution in [0.15, 0.2) is 6.20 Å². The van der Waals surface area contributed by atoms with E-state index in [1.807, 2.05) is 27.0 Å². The highest BCUT2D eigenvalue weighted by Gasteiger charge is 2.45. The van der Waals surface area contributed by atoms with E-state index in [4.69, 9.17) is 5.73 Å². The van der Waals surface area contributed by atoms with Gasteiger partial charge in [-0.05, 0) is 18.3 Å². The minimum absolute atomic E-state index is 0.0313. The van der Waals surface area contributed by atoms with E-state index in [0.717, 1.165) is 24.8 Å². The van der Waals surface area contributed by atoms with E-state index in [0.29, 0.717) is 6.54 Å². The number of carbonyl (C=O) groups is 1. The van der Waals surface area contributed by atoms with E-state index in [1.165, 1.54) is 0 Å². The summed E-state index contributed by atoms with van der Waals surface area (Å²) in [5.41, 5.74) is 6.56. The van der Waals surface area contributed by atoms with Gasteiger partial charge in [0.15, 0.2) is 0 Å². The van der Waals surface area contributed by atoms with Crippen molar-refractivity contribution in [3.05, 3.63) is 11.9 Å².